The van der Waals surface area contributed by atoms with Crippen molar-refractivity contribution in [1.82, 2.24) is 0 Å². The van der Waals surface area contributed by atoms with Crippen molar-refractivity contribution in [2.45, 2.75) is 19.8 Å². The molecule has 0 aliphatic rings. The molecule has 3 heteroatoms. The summed E-state index contributed by atoms with van der Waals surface area (Å²) in [5.41, 5.74) is 1.75. The second-order valence-electron chi connectivity index (χ2n) is 4.59. The molecule has 2 nitrogen and oxygen atoms in total. The Morgan fingerprint density at radius 1 is 1.05 bits per heavy atom. The third-order valence-electron chi connectivity index (χ3n) is 2.85. The maximum absolute atomic E-state index is 12.0. The average molecular weight is 319 g/mol. The molecule has 0 heterocycles. The van der Waals surface area contributed by atoms with Crippen molar-refractivity contribution in [3.05, 3.63) is 64.1 Å². The third-order valence-corrected chi connectivity index (χ3v) is 3.54. The van der Waals surface area contributed by atoms with Crippen molar-refractivity contribution in [2.24, 2.45) is 0 Å². The highest BCUT2D eigenvalue weighted by molar-refractivity contribution is 9.10. The van der Waals surface area contributed by atoms with E-state index in [9.17, 15) is 4.79 Å². The lowest BCUT2D eigenvalue weighted by Gasteiger charge is -2.08. The zero-order valence-corrected chi connectivity index (χ0v) is 12.5. The lowest BCUT2D eigenvalue weighted by Crippen LogP contribution is -2.09. The molecule has 0 atom stereocenters. The van der Waals surface area contributed by atoms with Crippen molar-refractivity contribution in [2.75, 3.05) is 0 Å². The molecule has 0 fully saturated rings. The maximum atomic E-state index is 12.0. The zero-order valence-electron chi connectivity index (χ0n) is 10.9. The van der Waals surface area contributed by atoms with Crippen molar-refractivity contribution in [3.63, 3.8) is 0 Å². The number of ether oxygens (including phenoxy) is 1. The van der Waals surface area contributed by atoms with Gasteiger partial charge in [-0.05, 0) is 51.7 Å². The number of rotatable bonds is 3. The van der Waals surface area contributed by atoms with E-state index >= 15 is 0 Å². The molecule has 0 aliphatic heterocycles. The molecular weight excluding hydrogens is 304 g/mol. The van der Waals surface area contributed by atoms with Crippen LogP contribution in [0.5, 0.6) is 5.75 Å². The van der Waals surface area contributed by atoms with Gasteiger partial charge in [0, 0.05) is 4.47 Å². The minimum Gasteiger partial charge on any atom is -0.423 e. The van der Waals surface area contributed by atoms with Gasteiger partial charge in [-0.1, -0.05) is 38.1 Å². The van der Waals surface area contributed by atoms with E-state index in [1.54, 1.807) is 6.07 Å². The molecule has 0 unspecified atom stereocenters. The average Bonchev–Trinajstić information content (AvgIpc) is 2.39. The second kappa shape index (κ2) is 6.02. The first-order valence-corrected chi connectivity index (χ1v) is 6.94. The molecule has 0 saturated carbocycles. The third kappa shape index (κ3) is 3.44. The zero-order chi connectivity index (χ0) is 13.8. The van der Waals surface area contributed by atoms with Gasteiger partial charge in [0.1, 0.15) is 5.75 Å². The standard InChI is InChI=1S/C16H15BrO2/c1-11(2)12-7-9-13(10-8-12)19-16(18)14-5-3-4-6-15(14)17/h3-11H,1-2H3. The molecular formula is C16H15BrO2. The van der Waals surface area contributed by atoms with E-state index in [-0.39, 0.29) is 5.97 Å². The Bertz CT molecular complexity index is 574. The summed E-state index contributed by atoms with van der Waals surface area (Å²) in [5, 5.41) is 0. The fourth-order valence-electron chi connectivity index (χ4n) is 1.71. The van der Waals surface area contributed by atoms with Crippen LogP contribution in [0.25, 0.3) is 0 Å². The lowest BCUT2D eigenvalue weighted by atomic mass is 10.0. The number of hydrogen-bond acceptors (Lipinski definition) is 2. The van der Waals surface area contributed by atoms with Crippen LogP contribution in [-0.2, 0) is 0 Å². The Kier molecular flexibility index (Phi) is 4.38. The number of carbonyl (C=O) groups excluding carboxylic acids is 1. The Labute approximate surface area is 121 Å². The van der Waals surface area contributed by atoms with Gasteiger partial charge < -0.3 is 4.74 Å². The topological polar surface area (TPSA) is 26.3 Å². The van der Waals surface area contributed by atoms with E-state index in [1.807, 2.05) is 42.5 Å². The Hall–Kier alpha value is -1.61. The minimum atomic E-state index is -0.357. The van der Waals surface area contributed by atoms with Crippen LogP contribution >= 0.6 is 15.9 Å². The lowest BCUT2D eigenvalue weighted by molar-refractivity contribution is 0.0734. The molecule has 0 aliphatic carbocycles. The van der Waals surface area contributed by atoms with E-state index in [0.29, 0.717) is 17.2 Å². The van der Waals surface area contributed by atoms with Crippen LogP contribution in [-0.4, -0.2) is 5.97 Å². The van der Waals surface area contributed by atoms with Crippen molar-refractivity contribution in [1.29, 1.82) is 0 Å². The fourth-order valence-corrected chi connectivity index (χ4v) is 2.16. The highest BCUT2D eigenvalue weighted by Crippen LogP contribution is 2.21. The summed E-state index contributed by atoms with van der Waals surface area (Å²) in [6.45, 7) is 4.25. The second-order valence-corrected chi connectivity index (χ2v) is 5.45. The maximum Gasteiger partial charge on any atom is 0.344 e. The molecule has 0 N–H and O–H groups in total. The molecule has 0 aromatic heterocycles. The Morgan fingerprint density at radius 2 is 1.68 bits per heavy atom. The first-order chi connectivity index (χ1) is 9.08. The highest BCUT2D eigenvalue weighted by atomic mass is 79.9. The minimum absolute atomic E-state index is 0.357. The quantitative estimate of drug-likeness (QED) is 0.600. The molecule has 0 saturated heterocycles. The first kappa shape index (κ1) is 13.8. The number of carbonyl (C=O) groups is 1. The van der Waals surface area contributed by atoms with Gasteiger partial charge >= 0.3 is 5.97 Å². The predicted octanol–water partition coefficient (Wildman–Crippen LogP) is 4.79. The number of hydrogen-bond donors (Lipinski definition) is 0. The first-order valence-electron chi connectivity index (χ1n) is 6.14. The summed E-state index contributed by atoms with van der Waals surface area (Å²) in [4.78, 5) is 12.0. The van der Waals surface area contributed by atoms with Crippen molar-refractivity contribution >= 4 is 21.9 Å². The predicted molar refractivity (Wildman–Crippen MR) is 79.6 cm³/mol. The van der Waals surface area contributed by atoms with E-state index in [2.05, 4.69) is 29.8 Å². The summed E-state index contributed by atoms with van der Waals surface area (Å²) in [7, 11) is 0. The molecule has 0 spiro atoms. The monoisotopic (exact) mass is 318 g/mol. The Balaban J connectivity index is 2.13. The molecule has 0 amide bonds. The molecule has 0 radical (unpaired) electrons. The van der Waals surface area contributed by atoms with Crippen LogP contribution in [0.3, 0.4) is 0 Å². The molecule has 2 rings (SSSR count). The molecule has 0 bridgehead atoms. The van der Waals surface area contributed by atoms with Gasteiger partial charge in [0.15, 0.2) is 0 Å². The van der Waals surface area contributed by atoms with Gasteiger partial charge in [-0.3, -0.25) is 0 Å². The van der Waals surface area contributed by atoms with E-state index in [4.69, 9.17) is 4.74 Å². The van der Waals surface area contributed by atoms with Gasteiger partial charge in [-0.2, -0.15) is 0 Å². The van der Waals surface area contributed by atoms with Crippen LogP contribution < -0.4 is 4.74 Å². The summed E-state index contributed by atoms with van der Waals surface area (Å²) in [6.07, 6.45) is 0. The van der Waals surface area contributed by atoms with Crippen LogP contribution in [0.2, 0.25) is 0 Å². The van der Waals surface area contributed by atoms with Gasteiger partial charge in [-0.25, -0.2) is 4.79 Å². The van der Waals surface area contributed by atoms with Gasteiger partial charge in [0.05, 0.1) is 5.56 Å². The Morgan fingerprint density at radius 3 is 2.26 bits per heavy atom. The van der Waals surface area contributed by atoms with E-state index in [1.165, 1.54) is 5.56 Å². The number of benzene rings is 2. The van der Waals surface area contributed by atoms with Crippen LogP contribution in [0.1, 0.15) is 35.7 Å². The van der Waals surface area contributed by atoms with E-state index < -0.39 is 0 Å². The van der Waals surface area contributed by atoms with Crippen LogP contribution in [0.15, 0.2) is 53.0 Å². The van der Waals surface area contributed by atoms with Crippen LogP contribution in [0, 0.1) is 0 Å². The number of esters is 1. The molecule has 2 aromatic rings. The molecule has 2 aromatic carbocycles. The largest absolute Gasteiger partial charge is 0.423 e. The van der Waals surface area contributed by atoms with Crippen molar-refractivity contribution < 1.29 is 9.53 Å². The van der Waals surface area contributed by atoms with E-state index in [0.717, 1.165) is 4.47 Å². The van der Waals surface area contributed by atoms with Gasteiger partial charge in [0.2, 0.25) is 0 Å². The molecule has 98 valence electrons. The normalized spacial score (nSPS) is 10.5. The number of halogens is 1. The molecule has 19 heavy (non-hydrogen) atoms. The van der Waals surface area contributed by atoms with Crippen molar-refractivity contribution in [3.8, 4) is 5.75 Å². The van der Waals surface area contributed by atoms with Gasteiger partial charge in [0.25, 0.3) is 0 Å². The summed E-state index contributed by atoms with van der Waals surface area (Å²) in [5.74, 6) is 0.669. The smallest absolute Gasteiger partial charge is 0.344 e. The summed E-state index contributed by atoms with van der Waals surface area (Å²) >= 11 is 3.34. The SMILES string of the molecule is CC(C)c1ccc(OC(=O)c2ccccc2Br)cc1. The van der Waals surface area contributed by atoms with Crippen LogP contribution in [0.4, 0.5) is 0 Å². The highest BCUT2D eigenvalue weighted by Gasteiger charge is 2.11. The summed E-state index contributed by atoms with van der Waals surface area (Å²) in [6, 6.07) is 14.8. The van der Waals surface area contributed by atoms with Gasteiger partial charge in [-0.15, -0.1) is 0 Å². The fraction of sp³-hybridized carbons (Fsp3) is 0.188. The summed E-state index contributed by atoms with van der Waals surface area (Å²) < 4.78 is 6.08.